The van der Waals surface area contributed by atoms with Gasteiger partial charge in [0.15, 0.2) is 4.80 Å². The van der Waals surface area contributed by atoms with Gasteiger partial charge in [0, 0.05) is 25.7 Å². The third-order valence-corrected chi connectivity index (χ3v) is 7.69. The maximum Gasteiger partial charge on any atom is 0.279 e. The molecule has 152 valence electrons. The zero-order valence-electron chi connectivity index (χ0n) is 15.5. The molecule has 4 rings (SSSR count). The second-order valence-corrected chi connectivity index (χ2v) is 9.46. The van der Waals surface area contributed by atoms with E-state index in [9.17, 15) is 17.6 Å². The summed E-state index contributed by atoms with van der Waals surface area (Å²) < 4.78 is 47.7. The van der Waals surface area contributed by atoms with E-state index >= 15 is 0 Å². The van der Waals surface area contributed by atoms with Crippen molar-refractivity contribution in [2.24, 2.45) is 12.0 Å². The molecule has 0 atom stereocenters. The number of hydrogen-bond donors (Lipinski definition) is 0. The molecule has 1 saturated heterocycles. The third kappa shape index (κ3) is 3.88. The van der Waals surface area contributed by atoms with Gasteiger partial charge in [0.05, 0.1) is 28.3 Å². The molecule has 2 aromatic carbocycles. The Morgan fingerprint density at radius 3 is 2.52 bits per heavy atom. The SMILES string of the molecule is Cn1c(=NC(=O)c2ccc(S(=O)(=O)N3CCOCC3)cc2)sc2cc(F)ccc21. The van der Waals surface area contributed by atoms with Crippen molar-refractivity contribution >= 4 is 37.5 Å². The first-order valence-electron chi connectivity index (χ1n) is 8.88. The monoisotopic (exact) mass is 435 g/mol. The van der Waals surface area contributed by atoms with Crippen LogP contribution in [0.25, 0.3) is 10.2 Å². The Morgan fingerprint density at radius 2 is 1.83 bits per heavy atom. The Hall–Kier alpha value is -2.40. The van der Waals surface area contributed by atoms with E-state index < -0.39 is 15.9 Å². The molecule has 2 heterocycles. The zero-order chi connectivity index (χ0) is 20.6. The number of ether oxygens (including phenoxy) is 1. The number of rotatable bonds is 3. The number of carbonyl (C=O) groups excluding carboxylic acids is 1. The molecule has 1 aliphatic rings. The highest BCUT2D eigenvalue weighted by molar-refractivity contribution is 7.89. The Balaban J connectivity index is 1.62. The number of amides is 1. The lowest BCUT2D eigenvalue weighted by molar-refractivity contribution is 0.0730. The van der Waals surface area contributed by atoms with Crippen LogP contribution >= 0.6 is 11.3 Å². The number of aryl methyl sites for hydroxylation is 1. The first kappa shape index (κ1) is 19.9. The zero-order valence-corrected chi connectivity index (χ0v) is 17.2. The summed E-state index contributed by atoms with van der Waals surface area (Å²) in [5.41, 5.74) is 1.05. The van der Waals surface area contributed by atoms with Gasteiger partial charge in [0.2, 0.25) is 10.0 Å². The molecule has 0 aliphatic carbocycles. The molecule has 0 bridgehead atoms. The second kappa shape index (κ2) is 7.79. The second-order valence-electron chi connectivity index (χ2n) is 6.51. The van der Waals surface area contributed by atoms with Crippen LogP contribution in [-0.4, -0.2) is 49.5 Å². The molecule has 3 aromatic rings. The van der Waals surface area contributed by atoms with Crippen LogP contribution in [-0.2, 0) is 21.8 Å². The first-order valence-corrected chi connectivity index (χ1v) is 11.1. The van der Waals surface area contributed by atoms with E-state index in [-0.39, 0.29) is 16.3 Å². The summed E-state index contributed by atoms with van der Waals surface area (Å²) in [6.07, 6.45) is 0. The molecule has 1 aromatic heterocycles. The summed E-state index contributed by atoms with van der Waals surface area (Å²) in [5.74, 6) is -0.850. The van der Waals surface area contributed by atoms with Crippen LogP contribution in [0.3, 0.4) is 0 Å². The van der Waals surface area contributed by atoms with E-state index in [1.54, 1.807) is 17.7 Å². The lowest BCUT2D eigenvalue weighted by Gasteiger charge is -2.26. The normalized spacial score (nSPS) is 16.4. The van der Waals surface area contributed by atoms with E-state index in [0.717, 1.165) is 5.52 Å². The van der Waals surface area contributed by atoms with Gasteiger partial charge in [-0.25, -0.2) is 12.8 Å². The van der Waals surface area contributed by atoms with E-state index in [4.69, 9.17) is 4.74 Å². The molecule has 10 heteroatoms. The fraction of sp³-hybridized carbons (Fsp3) is 0.263. The fourth-order valence-corrected chi connectivity index (χ4v) is 5.52. The summed E-state index contributed by atoms with van der Waals surface area (Å²) in [6.45, 7) is 1.35. The Labute approximate surface area is 170 Å². The van der Waals surface area contributed by atoms with Crippen LogP contribution in [0, 0.1) is 5.82 Å². The summed E-state index contributed by atoms with van der Waals surface area (Å²) in [4.78, 5) is 17.2. The van der Waals surface area contributed by atoms with Gasteiger partial charge in [-0.3, -0.25) is 4.79 Å². The fourth-order valence-electron chi connectivity index (χ4n) is 3.07. The Bertz CT molecular complexity index is 1240. The number of sulfonamides is 1. The van der Waals surface area contributed by atoms with Gasteiger partial charge in [0.1, 0.15) is 5.82 Å². The summed E-state index contributed by atoms with van der Waals surface area (Å²) in [5, 5.41) is 0. The molecule has 29 heavy (non-hydrogen) atoms. The lowest BCUT2D eigenvalue weighted by Crippen LogP contribution is -2.40. The quantitative estimate of drug-likeness (QED) is 0.631. The standard InChI is InChI=1S/C19H18FN3O4S2/c1-22-16-7-4-14(20)12-17(16)28-19(22)21-18(24)13-2-5-15(6-3-13)29(25,26)23-8-10-27-11-9-23/h2-7,12H,8-11H2,1H3. The van der Waals surface area contributed by atoms with Crippen LogP contribution in [0.4, 0.5) is 4.39 Å². The minimum absolute atomic E-state index is 0.124. The van der Waals surface area contributed by atoms with Crippen LogP contribution in [0.1, 0.15) is 10.4 Å². The van der Waals surface area contributed by atoms with E-state index in [1.807, 2.05) is 0 Å². The van der Waals surface area contributed by atoms with Gasteiger partial charge < -0.3 is 9.30 Å². The number of halogens is 1. The van der Waals surface area contributed by atoms with Gasteiger partial charge >= 0.3 is 0 Å². The van der Waals surface area contributed by atoms with Gasteiger partial charge in [0.25, 0.3) is 5.91 Å². The van der Waals surface area contributed by atoms with Crippen molar-refractivity contribution in [2.45, 2.75) is 4.90 Å². The van der Waals surface area contributed by atoms with Crippen LogP contribution in [0.15, 0.2) is 52.4 Å². The molecular weight excluding hydrogens is 417 g/mol. The number of thiazole rings is 1. The van der Waals surface area contributed by atoms with Crippen LogP contribution in [0.5, 0.6) is 0 Å². The molecule has 7 nitrogen and oxygen atoms in total. The van der Waals surface area contributed by atoms with Crippen molar-refractivity contribution < 1.29 is 22.3 Å². The number of carbonyl (C=O) groups is 1. The largest absolute Gasteiger partial charge is 0.379 e. The van der Waals surface area contributed by atoms with Gasteiger partial charge in [-0.05, 0) is 42.5 Å². The molecule has 0 radical (unpaired) electrons. The Kier molecular flexibility index (Phi) is 5.34. The average molecular weight is 436 g/mol. The number of nitrogens with zero attached hydrogens (tertiary/aromatic N) is 3. The highest BCUT2D eigenvalue weighted by Crippen LogP contribution is 2.19. The molecule has 1 amide bonds. The molecule has 0 spiro atoms. The van der Waals surface area contributed by atoms with Crippen LogP contribution in [0.2, 0.25) is 0 Å². The minimum atomic E-state index is -3.62. The first-order chi connectivity index (χ1) is 13.9. The van der Waals surface area contributed by atoms with Crippen molar-refractivity contribution in [2.75, 3.05) is 26.3 Å². The molecule has 1 fully saturated rings. The van der Waals surface area contributed by atoms with E-state index in [0.29, 0.717) is 35.8 Å². The van der Waals surface area contributed by atoms with Gasteiger partial charge in [-0.1, -0.05) is 11.3 Å². The summed E-state index contributed by atoms with van der Waals surface area (Å²) in [7, 11) is -1.87. The molecule has 1 aliphatic heterocycles. The number of hydrogen-bond acceptors (Lipinski definition) is 5. The van der Waals surface area contributed by atoms with Crippen molar-refractivity contribution in [1.82, 2.24) is 8.87 Å². The number of morpholine rings is 1. The highest BCUT2D eigenvalue weighted by atomic mass is 32.2. The average Bonchev–Trinajstić information content (AvgIpc) is 3.03. The number of aromatic nitrogens is 1. The molecule has 0 N–H and O–H groups in total. The van der Waals surface area contributed by atoms with E-state index in [2.05, 4.69) is 4.99 Å². The predicted octanol–water partition coefficient (Wildman–Crippen LogP) is 2.14. The maximum absolute atomic E-state index is 13.4. The third-order valence-electron chi connectivity index (χ3n) is 4.68. The molecule has 0 saturated carbocycles. The van der Waals surface area contributed by atoms with Crippen molar-refractivity contribution in [3.8, 4) is 0 Å². The number of benzene rings is 2. The summed E-state index contributed by atoms with van der Waals surface area (Å²) >= 11 is 1.21. The molecular formula is C19H18FN3O4S2. The summed E-state index contributed by atoms with van der Waals surface area (Å²) in [6, 6.07) is 10.1. The van der Waals surface area contributed by atoms with Gasteiger partial charge in [-0.2, -0.15) is 9.30 Å². The van der Waals surface area contributed by atoms with Crippen LogP contribution < -0.4 is 4.80 Å². The topological polar surface area (TPSA) is 81.0 Å². The highest BCUT2D eigenvalue weighted by Gasteiger charge is 2.26. The van der Waals surface area contributed by atoms with Crippen molar-refractivity contribution in [3.05, 3.63) is 58.6 Å². The maximum atomic E-state index is 13.4. The van der Waals surface area contributed by atoms with Crippen molar-refractivity contribution in [3.63, 3.8) is 0 Å². The minimum Gasteiger partial charge on any atom is -0.379 e. The molecule has 0 unspecified atom stereocenters. The predicted molar refractivity (Wildman–Crippen MR) is 107 cm³/mol. The van der Waals surface area contributed by atoms with E-state index in [1.165, 1.54) is 52.0 Å². The number of fused-ring (bicyclic) bond motifs is 1. The smallest absolute Gasteiger partial charge is 0.279 e. The Morgan fingerprint density at radius 1 is 1.14 bits per heavy atom. The van der Waals surface area contributed by atoms with Gasteiger partial charge in [-0.15, -0.1) is 0 Å². The lowest BCUT2D eigenvalue weighted by atomic mass is 10.2. The van der Waals surface area contributed by atoms with Crippen molar-refractivity contribution in [1.29, 1.82) is 0 Å².